The molecule has 1 heterocycles. The smallest absolute Gasteiger partial charge is 0.341 e. The zero-order chi connectivity index (χ0) is 25.6. The normalized spacial score (nSPS) is 9.74. The fourth-order valence-electron chi connectivity index (χ4n) is 3.16. The molecule has 0 aliphatic rings. The number of hydrogen-bond acceptors (Lipinski definition) is 5. The first kappa shape index (κ1) is 27.6. The van der Waals surface area contributed by atoms with E-state index >= 15 is 0 Å². The highest BCUT2D eigenvalue weighted by Crippen LogP contribution is 2.37. The summed E-state index contributed by atoms with van der Waals surface area (Å²) in [6.07, 6.45) is 0. The second kappa shape index (κ2) is 14.6. The lowest BCUT2D eigenvalue weighted by Crippen LogP contribution is -2.10. The molecule has 1 N–H and O–H groups in total. The standard InChI is InChI=1S/C25H21NO4S.2C2H6/c1-17-14-20(12-13-21(17)30-16-23(27)28)29-15-22-26-24(18-8-4-2-5-9-18)25(31-22)19-10-6-3-7-11-19;2*1-2/h2-14H,15-16H2,1H3,(H,27,28);2*1-2H3. The number of ether oxygens (including phenoxy) is 2. The number of aryl methyl sites for hydroxylation is 1. The van der Waals surface area contributed by atoms with Crippen molar-refractivity contribution >= 4 is 17.3 Å². The largest absolute Gasteiger partial charge is 0.486 e. The summed E-state index contributed by atoms with van der Waals surface area (Å²) in [5, 5.41) is 9.64. The Balaban J connectivity index is 0.00000103. The Bertz CT molecular complexity index is 1120. The minimum Gasteiger partial charge on any atom is -0.486 e. The number of aliphatic carboxylic acids is 1. The molecule has 35 heavy (non-hydrogen) atoms. The van der Waals surface area contributed by atoms with E-state index in [2.05, 4.69) is 24.3 Å². The van der Waals surface area contributed by atoms with Crippen LogP contribution in [0.25, 0.3) is 21.7 Å². The van der Waals surface area contributed by atoms with Gasteiger partial charge >= 0.3 is 5.97 Å². The zero-order valence-electron chi connectivity index (χ0n) is 20.9. The summed E-state index contributed by atoms with van der Waals surface area (Å²) in [6, 6.07) is 25.7. The van der Waals surface area contributed by atoms with Gasteiger partial charge in [0.25, 0.3) is 0 Å². The van der Waals surface area contributed by atoms with E-state index in [1.54, 1.807) is 23.5 Å². The minimum absolute atomic E-state index is 0.339. The summed E-state index contributed by atoms with van der Waals surface area (Å²) in [5.41, 5.74) is 3.96. The molecule has 0 atom stereocenters. The summed E-state index contributed by atoms with van der Waals surface area (Å²) >= 11 is 1.62. The maximum Gasteiger partial charge on any atom is 0.341 e. The van der Waals surface area contributed by atoms with Crippen LogP contribution in [0.5, 0.6) is 11.5 Å². The third-order valence-electron chi connectivity index (χ3n) is 4.61. The molecule has 4 rings (SSSR count). The van der Waals surface area contributed by atoms with Crippen molar-refractivity contribution in [1.29, 1.82) is 0 Å². The average Bonchev–Trinajstić information content (AvgIpc) is 3.35. The van der Waals surface area contributed by atoms with E-state index in [9.17, 15) is 4.79 Å². The third-order valence-corrected chi connectivity index (χ3v) is 5.69. The van der Waals surface area contributed by atoms with Gasteiger partial charge in [-0.25, -0.2) is 9.78 Å². The minimum atomic E-state index is -1.01. The molecule has 0 aliphatic heterocycles. The van der Waals surface area contributed by atoms with E-state index in [0.717, 1.165) is 32.3 Å². The van der Waals surface area contributed by atoms with Crippen LogP contribution < -0.4 is 9.47 Å². The highest BCUT2D eigenvalue weighted by molar-refractivity contribution is 7.15. The van der Waals surface area contributed by atoms with Crippen molar-refractivity contribution in [2.75, 3.05) is 6.61 Å². The second-order valence-electron chi connectivity index (χ2n) is 6.92. The number of rotatable bonds is 8. The van der Waals surface area contributed by atoms with E-state index in [-0.39, 0.29) is 6.61 Å². The van der Waals surface area contributed by atoms with Gasteiger partial charge in [0.05, 0.1) is 10.6 Å². The van der Waals surface area contributed by atoms with Gasteiger partial charge in [-0.2, -0.15) is 0 Å². The van der Waals surface area contributed by atoms with Crippen LogP contribution in [0.1, 0.15) is 38.3 Å². The van der Waals surface area contributed by atoms with Crippen LogP contribution in [-0.4, -0.2) is 22.7 Å². The first-order chi connectivity index (χ1) is 17.1. The maximum atomic E-state index is 10.7. The Hall–Kier alpha value is -3.64. The summed E-state index contributed by atoms with van der Waals surface area (Å²) < 4.78 is 11.2. The summed E-state index contributed by atoms with van der Waals surface area (Å²) in [6.45, 7) is 9.82. The van der Waals surface area contributed by atoms with Crippen molar-refractivity contribution in [1.82, 2.24) is 4.98 Å². The number of hydrogen-bond donors (Lipinski definition) is 1. The van der Waals surface area contributed by atoms with Crippen LogP contribution in [0, 0.1) is 6.92 Å². The predicted molar refractivity (Wildman–Crippen MR) is 144 cm³/mol. The van der Waals surface area contributed by atoms with Crippen LogP contribution in [0.3, 0.4) is 0 Å². The topological polar surface area (TPSA) is 68.7 Å². The predicted octanol–water partition coefficient (Wildman–Crippen LogP) is 7.88. The lowest BCUT2D eigenvalue weighted by molar-refractivity contribution is -0.139. The molecule has 0 spiro atoms. The van der Waals surface area contributed by atoms with Crippen LogP contribution >= 0.6 is 11.3 Å². The molecule has 0 unspecified atom stereocenters. The number of carboxylic acids is 1. The number of thiazole rings is 1. The fraction of sp³-hybridized carbons (Fsp3) is 0.241. The van der Waals surface area contributed by atoms with E-state index < -0.39 is 5.97 Å². The third kappa shape index (κ3) is 7.97. The van der Waals surface area contributed by atoms with Crippen LogP contribution in [0.15, 0.2) is 78.9 Å². The second-order valence-corrected chi connectivity index (χ2v) is 8.00. The highest BCUT2D eigenvalue weighted by atomic mass is 32.1. The molecule has 0 radical (unpaired) electrons. The molecule has 4 aromatic rings. The molecular formula is C29H33NO4S. The Morgan fingerprint density at radius 3 is 2.03 bits per heavy atom. The Kier molecular flexibility index (Phi) is 11.5. The Labute approximate surface area is 212 Å². The first-order valence-electron chi connectivity index (χ1n) is 11.8. The number of aromatic nitrogens is 1. The summed E-state index contributed by atoms with van der Waals surface area (Å²) in [4.78, 5) is 16.7. The van der Waals surface area contributed by atoms with Crippen LogP contribution in [-0.2, 0) is 11.4 Å². The van der Waals surface area contributed by atoms with Crippen molar-refractivity contribution < 1.29 is 19.4 Å². The van der Waals surface area contributed by atoms with E-state index in [1.165, 1.54) is 0 Å². The van der Waals surface area contributed by atoms with Gasteiger partial charge in [-0.15, -0.1) is 11.3 Å². The number of carbonyl (C=O) groups is 1. The molecule has 0 fully saturated rings. The van der Waals surface area contributed by atoms with E-state index in [0.29, 0.717) is 18.1 Å². The van der Waals surface area contributed by atoms with Crippen molar-refractivity contribution in [3.05, 3.63) is 89.4 Å². The van der Waals surface area contributed by atoms with E-state index in [4.69, 9.17) is 19.6 Å². The fourth-order valence-corrected chi connectivity index (χ4v) is 4.17. The molecule has 0 saturated heterocycles. The van der Waals surface area contributed by atoms with Gasteiger partial charge in [0.2, 0.25) is 0 Å². The monoisotopic (exact) mass is 491 g/mol. The summed E-state index contributed by atoms with van der Waals surface area (Å²) in [5.74, 6) is 0.201. The van der Waals surface area contributed by atoms with Gasteiger partial charge in [-0.3, -0.25) is 0 Å². The number of benzene rings is 3. The van der Waals surface area contributed by atoms with Crippen molar-refractivity contribution in [2.45, 2.75) is 41.2 Å². The highest BCUT2D eigenvalue weighted by Gasteiger charge is 2.15. The molecule has 0 amide bonds. The van der Waals surface area contributed by atoms with Gasteiger partial charge in [-0.1, -0.05) is 88.4 Å². The Morgan fingerprint density at radius 2 is 1.46 bits per heavy atom. The summed E-state index contributed by atoms with van der Waals surface area (Å²) in [7, 11) is 0. The van der Waals surface area contributed by atoms with Crippen LogP contribution in [0.4, 0.5) is 0 Å². The molecule has 1 aromatic heterocycles. The van der Waals surface area contributed by atoms with Crippen molar-refractivity contribution in [2.24, 2.45) is 0 Å². The molecule has 6 heteroatoms. The van der Waals surface area contributed by atoms with Gasteiger partial charge in [-0.05, 0) is 36.2 Å². The van der Waals surface area contributed by atoms with Crippen molar-refractivity contribution in [3.63, 3.8) is 0 Å². The van der Waals surface area contributed by atoms with Crippen molar-refractivity contribution in [3.8, 4) is 33.2 Å². The maximum absolute atomic E-state index is 10.7. The Morgan fingerprint density at radius 1 is 0.857 bits per heavy atom. The molecule has 0 saturated carbocycles. The van der Waals surface area contributed by atoms with Gasteiger partial charge in [0.1, 0.15) is 23.1 Å². The SMILES string of the molecule is CC.CC.Cc1cc(OCc2nc(-c3ccccc3)c(-c3ccccc3)s2)ccc1OCC(=O)O. The van der Waals surface area contributed by atoms with Gasteiger partial charge < -0.3 is 14.6 Å². The molecule has 184 valence electrons. The lowest BCUT2D eigenvalue weighted by Gasteiger charge is -2.09. The average molecular weight is 492 g/mol. The quantitative estimate of drug-likeness (QED) is 0.271. The first-order valence-corrected chi connectivity index (χ1v) is 12.6. The number of nitrogens with zero attached hydrogens (tertiary/aromatic N) is 1. The molecule has 0 aliphatic carbocycles. The van der Waals surface area contributed by atoms with Crippen LogP contribution in [0.2, 0.25) is 0 Å². The van der Waals surface area contributed by atoms with Gasteiger partial charge in [0, 0.05) is 5.56 Å². The van der Waals surface area contributed by atoms with Gasteiger partial charge in [0.15, 0.2) is 6.61 Å². The number of carboxylic acid groups (broad SMARTS) is 1. The zero-order valence-corrected chi connectivity index (χ0v) is 21.8. The van der Waals surface area contributed by atoms with E-state index in [1.807, 2.05) is 77.1 Å². The molecular weight excluding hydrogens is 458 g/mol. The molecule has 5 nitrogen and oxygen atoms in total. The lowest BCUT2D eigenvalue weighted by atomic mass is 10.1. The molecule has 0 bridgehead atoms. The molecule has 3 aromatic carbocycles.